The number of carbonyl (C=O) groups is 3. The number of thioether (sulfide) groups is 1. The van der Waals surface area contributed by atoms with Crippen LogP contribution in [0.5, 0.6) is 11.5 Å². The molecule has 1 fully saturated rings. The van der Waals surface area contributed by atoms with Crippen molar-refractivity contribution in [3.63, 3.8) is 0 Å². The first-order valence-corrected chi connectivity index (χ1v) is 10.7. The number of hydrogen-bond donors (Lipinski definition) is 0. The number of esters is 1. The van der Waals surface area contributed by atoms with Crippen molar-refractivity contribution in [3.8, 4) is 11.5 Å². The van der Waals surface area contributed by atoms with Gasteiger partial charge in [0.15, 0.2) is 11.5 Å². The van der Waals surface area contributed by atoms with Gasteiger partial charge < -0.3 is 14.2 Å². The van der Waals surface area contributed by atoms with Crippen molar-refractivity contribution >= 4 is 57.5 Å². The smallest absolute Gasteiger partial charge is 0.326 e. The van der Waals surface area contributed by atoms with Crippen molar-refractivity contribution in [1.29, 1.82) is 0 Å². The molecule has 1 aliphatic rings. The molecule has 0 spiro atoms. The molecule has 0 aliphatic carbocycles. The van der Waals surface area contributed by atoms with Crippen LogP contribution in [0, 0.1) is 3.57 Å². The molecule has 2 rings (SSSR count). The largest absolute Gasteiger partial charge is 0.490 e. The van der Waals surface area contributed by atoms with E-state index >= 15 is 0 Å². The molecule has 0 saturated carbocycles. The number of imide groups is 1. The van der Waals surface area contributed by atoms with Crippen LogP contribution in [0.1, 0.15) is 33.3 Å². The molecule has 1 aliphatic heterocycles. The van der Waals surface area contributed by atoms with Gasteiger partial charge >= 0.3 is 5.97 Å². The molecule has 1 aromatic rings. The van der Waals surface area contributed by atoms with Crippen molar-refractivity contribution in [1.82, 2.24) is 4.90 Å². The molecule has 7 nitrogen and oxygen atoms in total. The van der Waals surface area contributed by atoms with E-state index < -0.39 is 23.7 Å². The summed E-state index contributed by atoms with van der Waals surface area (Å²) in [5, 5.41) is -0.498. The Labute approximate surface area is 181 Å². The maximum absolute atomic E-state index is 12.6. The van der Waals surface area contributed by atoms with Crippen LogP contribution >= 0.6 is 34.4 Å². The zero-order chi connectivity index (χ0) is 20.8. The van der Waals surface area contributed by atoms with Crippen molar-refractivity contribution in [2.45, 2.75) is 33.8 Å². The fourth-order valence-electron chi connectivity index (χ4n) is 2.44. The van der Waals surface area contributed by atoms with Crippen molar-refractivity contribution in [3.05, 3.63) is 26.2 Å². The number of benzene rings is 1. The van der Waals surface area contributed by atoms with Crippen LogP contribution in [0.4, 0.5) is 4.79 Å². The Morgan fingerprint density at radius 3 is 2.50 bits per heavy atom. The molecule has 1 aromatic carbocycles. The second kappa shape index (κ2) is 10.1. The van der Waals surface area contributed by atoms with E-state index in [1.807, 2.05) is 19.9 Å². The summed E-state index contributed by atoms with van der Waals surface area (Å²) in [6, 6.07) is 3.60. The second-order valence-electron chi connectivity index (χ2n) is 6.00. The molecule has 0 atom stereocenters. The van der Waals surface area contributed by atoms with Crippen LogP contribution in [0.2, 0.25) is 0 Å². The molecule has 152 valence electrons. The SMILES string of the molecule is CCOc1cc(/C=C2/SC(=O)N(CC(=O)OC(C)C)C2=O)cc(I)c1OCC. The van der Waals surface area contributed by atoms with Gasteiger partial charge in [-0.3, -0.25) is 19.3 Å². The molecule has 0 radical (unpaired) electrons. The van der Waals surface area contributed by atoms with Crippen molar-refractivity contribution < 1.29 is 28.6 Å². The second-order valence-corrected chi connectivity index (χ2v) is 8.16. The topological polar surface area (TPSA) is 82.1 Å². The molecule has 0 N–H and O–H groups in total. The first kappa shape index (κ1) is 22.5. The van der Waals surface area contributed by atoms with Gasteiger partial charge in [0.25, 0.3) is 11.1 Å². The minimum Gasteiger partial charge on any atom is -0.490 e. The summed E-state index contributed by atoms with van der Waals surface area (Å²) in [6.07, 6.45) is 1.30. The molecule has 0 aromatic heterocycles. The number of nitrogens with zero attached hydrogens (tertiary/aromatic N) is 1. The summed E-state index contributed by atoms with van der Waals surface area (Å²) in [5.74, 6) is 0.0826. The lowest BCUT2D eigenvalue weighted by Crippen LogP contribution is -2.35. The Kier molecular flexibility index (Phi) is 8.17. The zero-order valence-electron chi connectivity index (χ0n) is 16.1. The van der Waals surface area contributed by atoms with Gasteiger partial charge in [0, 0.05) is 0 Å². The third-order valence-electron chi connectivity index (χ3n) is 3.45. The lowest BCUT2D eigenvalue weighted by atomic mass is 10.2. The van der Waals surface area contributed by atoms with Crippen LogP contribution in [-0.4, -0.2) is 47.9 Å². The molecule has 1 heterocycles. The van der Waals surface area contributed by atoms with Gasteiger partial charge in [-0.15, -0.1) is 0 Å². The summed E-state index contributed by atoms with van der Waals surface area (Å²) in [6.45, 7) is 7.74. The van der Waals surface area contributed by atoms with E-state index in [1.165, 1.54) is 0 Å². The standard InChI is InChI=1S/C19H22INO6S/c1-5-25-14-8-12(7-13(20)17(14)26-6-2)9-15-18(23)21(19(24)28-15)10-16(22)27-11(3)4/h7-9,11H,5-6,10H2,1-4H3/b15-9+. The van der Waals surface area contributed by atoms with Gasteiger partial charge in [-0.05, 0) is 85.8 Å². The van der Waals surface area contributed by atoms with Gasteiger partial charge in [0.1, 0.15) is 6.54 Å². The van der Waals surface area contributed by atoms with Crippen LogP contribution in [-0.2, 0) is 14.3 Å². The average Bonchev–Trinajstić information content (AvgIpc) is 2.85. The van der Waals surface area contributed by atoms with Crippen LogP contribution in [0.3, 0.4) is 0 Å². The number of halogens is 1. The molecule has 28 heavy (non-hydrogen) atoms. The highest BCUT2D eigenvalue weighted by Gasteiger charge is 2.36. The van der Waals surface area contributed by atoms with Crippen molar-refractivity contribution in [2.75, 3.05) is 19.8 Å². The van der Waals surface area contributed by atoms with Gasteiger partial charge in [-0.1, -0.05) is 0 Å². The van der Waals surface area contributed by atoms with E-state index in [2.05, 4.69) is 22.6 Å². The summed E-state index contributed by atoms with van der Waals surface area (Å²) < 4.78 is 17.1. The zero-order valence-corrected chi connectivity index (χ0v) is 19.1. The molecular formula is C19H22INO6S. The predicted octanol–water partition coefficient (Wildman–Crippen LogP) is 4.08. The van der Waals surface area contributed by atoms with E-state index in [9.17, 15) is 14.4 Å². The normalized spacial score (nSPS) is 15.5. The van der Waals surface area contributed by atoms with Gasteiger partial charge in [-0.25, -0.2) is 0 Å². The van der Waals surface area contributed by atoms with E-state index in [0.29, 0.717) is 30.3 Å². The Balaban J connectivity index is 2.26. The Morgan fingerprint density at radius 1 is 1.21 bits per heavy atom. The summed E-state index contributed by atoms with van der Waals surface area (Å²) in [4.78, 5) is 37.6. The first-order valence-electron chi connectivity index (χ1n) is 8.80. The number of ether oxygens (including phenoxy) is 3. The Morgan fingerprint density at radius 2 is 1.89 bits per heavy atom. The van der Waals surface area contributed by atoms with E-state index in [1.54, 1.807) is 26.0 Å². The summed E-state index contributed by atoms with van der Waals surface area (Å²) in [7, 11) is 0. The minimum atomic E-state index is -0.618. The van der Waals surface area contributed by atoms with E-state index in [4.69, 9.17) is 14.2 Å². The first-order chi connectivity index (χ1) is 13.3. The number of hydrogen-bond acceptors (Lipinski definition) is 7. The number of carbonyl (C=O) groups excluding carboxylic acids is 3. The van der Waals surface area contributed by atoms with Gasteiger partial charge in [-0.2, -0.15) is 0 Å². The predicted molar refractivity (Wildman–Crippen MR) is 115 cm³/mol. The monoisotopic (exact) mass is 519 g/mol. The third kappa shape index (κ3) is 5.63. The maximum Gasteiger partial charge on any atom is 0.326 e. The number of rotatable bonds is 8. The van der Waals surface area contributed by atoms with Crippen LogP contribution < -0.4 is 9.47 Å². The highest BCUT2D eigenvalue weighted by molar-refractivity contribution is 14.1. The molecule has 0 unspecified atom stereocenters. The molecule has 0 bridgehead atoms. The van der Waals surface area contributed by atoms with E-state index in [-0.39, 0.29) is 11.0 Å². The Bertz CT molecular complexity index is 808. The molecule has 1 saturated heterocycles. The lowest BCUT2D eigenvalue weighted by molar-refractivity contribution is -0.149. The minimum absolute atomic E-state index is 0.241. The molecule has 2 amide bonds. The molecule has 9 heteroatoms. The fourth-order valence-corrected chi connectivity index (χ4v) is 4.05. The fraction of sp³-hybridized carbons (Fsp3) is 0.421. The number of amides is 2. The van der Waals surface area contributed by atoms with Crippen LogP contribution in [0.15, 0.2) is 17.0 Å². The Hall–Kier alpha value is -1.75. The summed E-state index contributed by atoms with van der Waals surface area (Å²) in [5.41, 5.74) is 0.701. The molecular weight excluding hydrogens is 497 g/mol. The van der Waals surface area contributed by atoms with Crippen LogP contribution in [0.25, 0.3) is 6.08 Å². The van der Waals surface area contributed by atoms with Gasteiger partial charge in [0.05, 0.1) is 27.8 Å². The van der Waals surface area contributed by atoms with E-state index in [0.717, 1.165) is 20.2 Å². The summed E-state index contributed by atoms with van der Waals surface area (Å²) >= 11 is 2.93. The van der Waals surface area contributed by atoms with Crippen molar-refractivity contribution in [2.24, 2.45) is 0 Å². The maximum atomic E-state index is 12.6. The van der Waals surface area contributed by atoms with Gasteiger partial charge in [0.2, 0.25) is 0 Å². The highest BCUT2D eigenvalue weighted by atomic mass is 127. The third-order valence-corrected chi connectivity index (χ3v) is 5.15. The lowest BCUT2D eigenvalue weighted by Gasteiger charge is -2.14. The highest BCUT2D eigenvalue weighted by Crippen LogP contribution is 2.37. The average molecular weight is 519 g/mol. The quantitative estimate of drug-likeness (QED) is 0.291.